The molecule has 1 atom stereocenters. The third kappa shape index (κ3) is 2.80. The molecule has 2 aromatic rings. The molecule has 21 heavy (non-hydrogen) atoms. The molecule has 1 unspecified atom stereocenters. The average molecular weight is 285 g/mol. The molecule has 0 bridgehead atoms. The molecular weight excluding hydrogens is 266 g/mol. The van der Waals surface area contributed by atoms with Crippen molar-refractivity contribution in [3.63, 3.8) is 0 Å². The third-order valence-electron chi connectivity index (χ3n) is 3.63. The van der Waals surface area contributed by atoms with Gasteiger partial charge in [0.2, 0.25) is 5.91 Å². The summed E-state index contributed by atoms with van der Waals surface area (Å²) in [6.07, 6.45) is 1.75. The van der Waals surface area contributed by atoms with Crippen LogP contribution in [0.3, 0.4) is 0 Å². The fourth-order valence-corrected chi connectivity index (χ4v) is 2.59. The molecule has 1 aromatic heterocycles. The van der Waals surface area contributed by atoms with Gasteiger partial charge < -0.3 is 15.5 Å². The van der Waals surface area contributed by atoms with Gasteiger partial charge in [-0.25, -0.2) is 4.98 Å². The van der Waals surface area contributed by atoms with E-state index in [4.69, 9.17) is 0 Å². The third-order valence-corrected chi connectivity index (χ3v) is 3.63. The molecule has 2 N–H and O–H groups in total. The quantitative estimate of drug-likeness (QED) is 0.861. The number of aromatic nitrogens is 2. The van der Waals surface area contributed by atoms with Crippen molar-refractivity contribution in [2.75, 3.05) is 31.1 Å². The predicted molar refractivity (Wildman–Crippen MR) is 82.2 cm³/mol. The van der Waals surface area contributed by atoms with Crippen molar-refractivity contribution >= 4 is 22.8 Å². The highest BCUT2D eigenvalue weighted by molar-refractivity contribution is 5.86. The summed E-state index contributed by atoms with van der Waals surface area (Å²) in [5.41, 5.74) is 1.72. The molecule has 0 spiro atoms. The van der Waals surface area contributed by atoms with E-state index >= 15 is 0 Å². The van der Waals surface area contributed by atoms with Crippen LogP contribution in [0.15, 0.2) is 30.5 Å². The van der Waals surface area contributed by atoms with Crippen LogP contribution in [-0.2, 0) is 4.79 Å². The minimum absolute atomic E-state index is 0.0275. The summed E-state index contributed by atoms with van der Waals surface area (Å²) in [7, 11) is 0. The van der Waals surface area contributed by atoms with Gasteiger partial charge in [-0.3, -0.25) is 9.78 Å². The molecule has 2 heterocycles. The maximum absolute atomic E-state index is 12.2. The van der Waals surface area contributed by atoms with E-state index in [2.05, 4.69) is 20.6 Å². The minimum atomic E-state index is -0.242. The van der Waals surface area contributed by atoms with E-state index in [1.807, 2.05) is 36.1 Å². The van der Waals surface area contributed by atoms with E-state index in [0.29, 0.717) is 13.1 Å². The fourth-order valence-electron chi connectivity index (χ4n) is 2.59. The van der Waals surface area contributed by atoms with Gasteiger partial charge in [0.05, 0.1) is 17.2 Å². The highest BCUT2D eigenvalue weighted by Gasteiger charge is 2.29. The first-order chi connectivity index (χ1) is 10.3. The van der Waals surface area contributed by atoms with Gasteiger partial charge in [0.1, 0.15) is 11.9 Å². The lowest BCUT2D eigenvalue weighted by Crippen LogP contribution is -2.58. The van der Waals surface area contributed by atoms with Crippen molar-refractivity contribution in [1.82, 2.24) is 20.6 Å². The maximum atomic E-state index is 12.2. The monoisotopic (exact) mass is 285 g/mol. The molecule has 1 fully saturated rings. The topological polar surface area (TPSA) is 70.2 Å². The number of rotatable bonds is 3. The summed E-state index contributed by atoms with van der Waals surface area (Å²) in [5.74, 6) is 0.783. The highest BCUT2D eigenvalue weighted by atomic mass is 16.2. The zero-order chi connectivity index (χ0) is 14.7. The van der Waals surface area contributed by atoms with Crippen LogP contribution in [0.5, 0.6) is 0 Å². The van der Waals surface area contributed by atoms with Crippen molar-refractivity contribution in [2.45, 2.75) is 13.0 Å². The number of piperazine rings is 1. The number of nitrogens with zero attached hydrogens (tertiary/aromatic N) is 3. The maximum Gasteiger partial charge on any atom is 0.244 e. The molecule has 6 heteroatoms. The summed E-state index contributed by atoms with van der Waals surface area (Å²) < 4.78 is 0. The zero-order valence-electron chi connectivity index (χ0n) is 12.0. The van der Waals surface area contributed by atoms with Crippen LogP contribution in [0.4, 0.5) is 5.82 Å². The number of hydrogen-bond donors (Lipinski definition) is 2. The molecule has 0 saturated carbocycles. The molecule has 1 aliphatic heterocycles. The van der Waals surface area contributed by atoms with Crippen LogP contribution in [-0.4, -0.2) is 48.1 Å². The molecule has 0 radical (unpaired) electrons. The Hall–Kier alpha value is -2.21. The average Bonchev–Trinajstić information content (AvgIpc) is 2.54. The lowest BCUT2D eigenvalue weighted by atomic mass is 10.1. The van der Waals surface area contributed by atoms with E-state index < -0.39 is 0 Å². The Morgan fingerprint density at radius 1 is 1.43 bits per heavy atom. The summed E-state index contributed by atoms with van der Waals surface area (Å²) in [6.45, 7) is 4.76. The molecule has 1 aromatic carbocycles. The summed E-state index contributed by atoms with van der Waals surface area (Å²) in [5, 5.41) is 6.14. The largest absolute Gasteiger partial charge is 0.355 e. The van der Waals surface area contributed by atoms with Gasteiger partial charge >= 0.3 is 0 Å². The van der Waals surface area contributed by atoms with Crippen LogP contribution in [0.2, 0.25) is 0 Å². The number of benzene rings is 1. The second-order valence-electron chi connectivity index (χ2n) is 5.02. The number of para-hydroxylation sites is 2. The van der Waals surface area contributed by atoms with E-state index in [1.54, 1.807) is 6.20 Å². The van der Waals surface area contributed by atoms with E-state index in [0.717, 1.165) is 29.9 Å². The number of hydrogen-bond acceptors (Lipinski definition) is 5. The molecule has 6 nitrogen and oxygen atoms in total. The second kappa shape index (κ2) is 6.05. The summed E-state index contributed by atoms with van der Waals surface area (Å²) in [4.78, 5) is 23.3. The molecule has 110 valence electrons. The van der Waals surface area contributed by atoms with E-state index in [1.165, 1.54) is 0 Å². The second-order valence-corrected chi connectivity index (χ2v) is 5.02. The van der Waals surface area contributed by atoms with Gasteiger partial charge in [-0.15, -0.1) is 0 Å². The van der Waals surface area contributed by atoms with Gasteiger partial charge in [-0.05, 0) is 19.1 Å². The molecule has 3 rings (SSSR count). The number of fused-ring (bicyclic) bond motifs is 1. The first-order valence-corrected chi connectivity index (χ1v) is 7.26. The van der Waals surface area contributed by atoms with Gasteiger partial charge in [-0.2, -0.15) is 0 Å². The zero-order valence-corrected chi connectivity index (χ0v) is 12.0. The summed E-state index contributed by atoms with van der Waals surface area (Å²) >= 11 is 0. The number of anilines is 1. The smallest absolute Gasteiger partial charge is 0.244 e. The first kappa shape index (κ1) is 13.8. The Balaban J connectivity index is 1.92. The molecule has 1 amide bonds. The lowest BCUT2D eigenvalue weighted by molar-refractivity contribution is -0.122. The standard InChI is InChI=1S/C15H19N5O/c1-2-17-15(21)13-9-16-7-8-20(13)14-10-18-11-5-3-4-6-12(11)19-14/h3-6,10,13,16H,2,7-9H2,1H3,(H,17,21). The molecule has 0 aliphatic carbocycles. The van der Waals surface area contributed by atoms with E-state index in [9.17, 15) is 4.79 Å². The van der Waals surface area contributed by atoms with Crippen molar-refractivity contribution in [3.8, 4) is 0 Å². The SMILES string of the molecule is CCNC(=O)C1CNCCN1c1cnc2ccccc2n1. The van der Waals surface area contributed by atoms with E-state index in [-0.39, 0.29) is 11.9 Å². The van der Waals surface area contributed by atoms with Crippen LogP contribution in [0.1, 0.15) is 6.92 Å². The minimum Gasteiger partial charge on any atom is -0.355 e. The Kier molecular flexibility index (Phi) is 3.96. The number of likely N-dealkylation sites (N-methyl/N-ethyl adjacent to an activating group) is 1. The van der Waals surface area contributed by atoms with Crippen LogP contribution in [0.25, 0.3) is 11.0 Å². The summed E-state index contributed by atoms with van der Waals surface area (Å²) in [6, 6.07) is 7.52. The number of carbonyl (C=O) groups excluding carboxylic acids is 1. The number of amides is 1. The van der Waals surface area contributed by atoms with Crippen molar-refractivity contribution in [3.05, 3.63) is 30.5 Å². The van der Waals surface area contributed by atoms with Crippen molar-refractivity contribution in [2.24, 2.45) is 0 Å². The van der Waals surface area contributed by atoms with Gasteiger partial charge in [0, 0.05) is 26.2 Å². The Bertz CT molecular complexity index is 645. The number of carbonyl (C=O) groups is 1. The van der Waals surface area contributed by atoms with Crippen LogP contribution in [0, 0.1) is 0 Å². The molecular formula is C15H19N5O. The lowest BCUT2D eigenvalue weighted by Gasteiger charge is -2.35. The Labute approximate surface area is 123 Å². The first-order valence-electron chi connectivity index (χ1n) is 7.26. The fraction of sp³-hybridized carbons (Fsp3) is 0.400. The van der Waals surface area contributed by atoms with Gasteiger partial charge in [0.15, 0.2) is 0 Å². The van der Waals surface area contributed by atoms with Crippen molar-refractivity contribution < 1.29 is 4.79 Å². The number of nitrogens with one attached hydrogen (secondary N) is 2. The molecule has 1 aliphatic rings. The normalized spacial score (nSPS) is 18.7. The van der Waals surface area contributed by atoms with Gasteiger partial charge in [0.25, 0.3) is 0 Å². The Morgan fingerprint density at radius 2 is 2.24 bits per heavy atom. The predicted octanol–water partition coefficient (Wildman–Crippen LogP) is 0.544. The molecule has 1 saturated heterocycles. The van der Waals surface area contributed by atoms with Gasteiger partial charge in [-0.1, -0.05) is 12.1 Å². The highest BCUT2D eigenvalue weighted by Crippen LogP contribution is 2.18. The Morgan fingerprint density at radius 3 is 3.05 bits per heavy atom. The van der Waals surface area contributed by atoms with Crippen LogP contribution >= 0.6 is 0 Å². The van der Waals surface area contributed by atoms with Crippen LogP contribution < -0.4 is 15.5 Å². The van der Waals surface area contributed by atoms with Crippen molar-refractivity contribution in [1.29, 1.82) is 0 Å².